The first-order chi connectivity index (χ1) is 10.7. The number of rotatable bonds is 9. The Morgan fingerprint density at radius 1 is 1.35 bits per heavy atom. The van der Waals surface area contributed by atoms with Gasteiger partial charge in [-0.1, -0.05) is 13.8 Å². The highest BCUT2D eigenvalue weighted by atomic mass is 32.2. The zero-order chi connectivity index (χ0) is 17.6. The van der Waals surface area contributed by atoms with Crippen LogP contribution in [0.1, 0.15) is 13.8 Å². The van der Waals surface area contributed by atoms with Crippen LogP contribution in [0.3, 0.4) is 0 Å². The number of carboxylic acid groups (broad SMARTS) is 1. The maximum absolute atomic E-state index is 13.4. The Morgan fingerprint density at radius 3 is 2.52 bits per heavy atom. The highest BCUT2D eigenvalue weighted by Crippen LogP contribution is 2.25. The van der Waals surface area contributed by atoms with Gasteiger partial charge in [0.1, 0.15) is 29.1 Å². The van der Waals surface area contributed by atoms with Crippen molar-refractivity contribution >= 4 is 16.0 Å². The molecule has 1 atom stereocenters. The second kappa shape index (κ2) is 8.23. The topological polar surface area (TPSA) is 102 Å². The average Bonchev–Trinajstić information content (AvgIpc) is 2.46. The average molecular weight is 349 g/mol. The summed E-state index contributed by atoms with van der Waals surface area (Å²) in [5.41, 5.74) is 0. The molecule has 1 aromatic carbocycles. The van der Waals surface area contributed by atoms with Gasteiger partial charge in [-0.05, 0) is 24.1 Å². The Balaban J connectivity index is 3.15. The third-order valence-electron chi connectivity index (χ3n) is 2.96. The van der Waals surface area contributed by atoms with Gasteiger partial charge in [-0.25, -0.2) is 12.8 Å². The predicted molar refractivity (Wildman–Crippen MR) is 80.4 cm³/mol. The maximum Gasteiger partial charge on any atom is 0.322 e. The fraction of sp³-hybridized carbons (Fsp3) is 0.500. The van der Waals surface area contributed by atoms with Crippen LogP contribution in [0.15, 0.2) is 23.1 Å². The van der Waals surface area contributed by atoms with E-state index in [2.05, 4.69) is 4.72 Å². The molecule has 0 saturated carbocycles. The van der Waals surface area contributed by atoms with Gasteiger partial charge in [-0.15, -0.1) is 0 Å². The van der Waals surface area contributed by atoms with Crippen molar-refractivity contribution in [2.24, 2.45) is 5.92 Å². The first kappa shape index (κ1) is 19.3. The molecule has 0 bridgehead atoms. The molecule has 0 aliphatic carbocycles. The van der Waals surface area contributed by atoms with E-state index in [1.165, 1.54) is 13.2 Å². The Hall–Kier alpha value is -1.71. The van der Waals surface area contributed by atoms with Gasteiger partial charge in [0.15, 0.2) is 0 Å². The van der Waals surface area contributed by atoms with Crippen LogP contribution in [0.4, 0.5) is 4.39 Å². The lowest BCUT2D eigenvalue weighted by atomic mass is 10.1. The predicted octanol–water partition coefficient (Wildman–Crippen LogP) is 1.24. The number of halogens is 1. The molecule has 0 aromatic heterocycles. The lowest BCUT2D eigenvalue weighted by Crippen LogP contribution is -2.44. The van der Waals surface area contributed by atoms with Crippen molar-refractivity contribution < 1.29 is 32.2 Å². The van der Waals surface area contributed by atoms with E-state index in [0.717, 1.165) is 12.1 Å². The van der Waals surface area contributed by atoms with Crippen molar-refractivity contribution in [3.63, 3.8) is 0 Å². The van der Waals surface area contributed by atoms with E-state index in [4.69, 9.17) is 14.6 Å². The van der Waals surface area contributed by atoms with E-state index < -0.39 is 38.7 Å². The van der Waals surface area contributed by atoms with Crippen molar-refractivity contribution in [3.05, 3.63) is 24.0 Å². The molecule has 0 unspecified atom stereocenters. The van der Waals surface area contributed by atoms with Crippen LogP contribution in [0, 0.1) is 11.7 Å². The number of ether oxygens (including phenoxy) is 2. The monoisotopic (exact) mass is 349 g/mol. The summed E-state index contributed by atoms with van der Waals surface area (Å²) in [7, 11) is -2.82. The van der Waals surface area contributed by atoms with E-state index in [1.807, 2.05) is 0 Å². The Bertz CT molecular complexity index is 647. The molecule has 0 fully saturated rings. The molecule has 7 nitrogen and oxygen atoms in total. The van der Waals surface area contributed by atoms with E-state index in [0.29, 0.717) is 0 Å². The second-order valence-corrected chi connectivity index (χ2v) is 6.80. The molecule has 0 aliphatic rings. The van der Waals surface area contributed by atoms with Gasteiger partial charge < -0.3 is 14.6 Å². The highest BCUT2D eigenvalue weighted by molar-refractivity contribution is 7.89. The van der Waals surface area contributed by atoms with Crippen molar-refractivity contribution in [1.82, 2.24) is 4.72 Å². The molecule has 1 rings (SSSR count). The molecule has 0 radical (unpaired) electrons. The zero-order valence-electron chi connectivity index (χ0n) is 13.1. The molecule has 9 heteroatoms. The van der Waals surface area contributed by atoms with Crippen molar-refractivity contribution in [2.45, 2.75) is 24.8 Å². The summed E-state index contributed by atoms with van der Waals surface area (Å²) in [6.07, 6.45) is 0. The van der Waals surface area contributed by atoms with Crippen molar-refractivity contribution in [2.75, 3.05) is 20.3 Å². The SMILES string of the molecule is COCCOc1ccc(F)cc1S(=O)(=O)N[C@H](C(=O)O)C(C)C. The van der Waals surface area contributed by atoms with Crippen LogP contribution in [0.5, 0.6) is 5.75 Å². The third-order valence-corrected chi connectivity index (χ3v) is 4.42. The molecule has 1 aromatic rings. The molecule has 130 valence electrons. The first-order valence-electron chi connectivity index (χ1n) is 6.85. The number of hydrogen-bond acceptors (Lipinski definition) is 5. The molecule has 0 saturated heterocycles. The first-order valence-corrected chi connectivity index (χ1v) is 8.33. The standard InChI is InChI=1S/C14H20FNO6S/c1-9(2)13(14(17)18)16-23(19,20)12-8-10(15)4-5-11(12)22-7-6-21-3/h4-5,8-9,13,16H,6-7H2,1-3H3,(H,17,18)/t13-/m0/s1. The van der Waals surface area contributed by atoms with Gasteiger partial charge in [-0.3, -0.25) is 4.79 Å². The van der Waals surface area contributed by atoms with Crippen LogP contribution < -0.4 is 9.46 Å². The number of benzene rings is 1. The van der Waals surface area contributed by atoms with Gasteiger partial charge in [0, 0.05) is 7.11 Å². The zero-order valence-corrected chi connectivity index (χ0v) is 13.9. The van der Waals surface area contributed by atoms with Crippen LogP contribution >= 0.6 is 0 Å². The van der Waals surface area contributed by atoms with E-state index in [1.54, 1.807) is 13.8 Å². The Morgan fingerprint density at radius 2 is 2.00 bits per heavy atom. The minimum atomic E-state index is -4.28. The summed E-state index contributed by atoms with van der Waals surface area (Å²) < 4.78 is 50.4. The van der Waals surface area contributed by atoms with Gasteiger partial charge in [0.25, 0.3) is 0 Å². The van der Waals surface area contributed by atoms with E-state index >= 15 is 0 Å². The lowest BCUT2D eigenvalue weighted by molar-refractivity contribution is -0.140. The molecule has 0 heterocycles. The molecular weight excluding hydrogens is 329 g/mol. The van der Waals surface area contributed by atoms with Crippen molar-refractivity contribution in [1.29, 1.82) is 0 Å². The number of nitrogens with one attached hydrogen (secondary N) is 1. The second-order valence-electron chi connectivity index (χ2n) is 5.11. The number of aliphatic carboxylic acids is 1. The fourth-order valence-corrected chi connectivity index (χ4v) is 3.24. The number of hydrogen-bond donors (Lipinski definition) is 2. The van der Waals surface area contributed by atoms with Crippen LogP contribution in [0.2, 0.25) is 0 Å². The summed E-state index contributed by atoms with van der Waals surface area (Å²) in [6, 6.07) is 1.67. The quantitative estimate of drug-likeness (QED) is 0.650. The summed E-state index contributed by atoms with van der Waals surface area (Å²) in [6.45, 7) is 3.40. The Kier molecular flexibility index (Phi) is 6.92. The van der Waals surface area contributed by atoms with Crippen LogP contribution in [0.25, 0.3) is 0 Å². The van der Waals surface area contributed by atoms with Gasteiger partial charge >= 0.3 is 5.97 Å². The van der Waals surface area contributed by atoms with Gasteiger partial charge in [0.2, 0.25) is 10.0 Å². The number of methoxy groups -OCH3 is 1. The fourth-order valence-electron chi connectivity index (χ4n) is 1.75. The van der Waals surface area contributed by atoms with E-state index in [-0.39, 0.29) is 19.0 Å². The maximum atomic E-state index is 13.4. The minimum Gasteiger partial charge on any atom is -0.490 e. The van der Waals surface area contributed by atoms with Crippen molar-refractivity contribution in [3.8, 4) is 5.75 Å². The Labute approximate surface area is 134 Å². The van der Waals surface area contributed by atoms with Crippen LogP contribution in [-0.4, -0.2) is 45.9 Å². The van der Waals surface area contributed by atoms with Gasteiger partial charge in [-0.2, -0.15) is 4.72 Å². The summed E-state index contributed by atoms with van der Waals surface area (Å²) >= 11 is 0. The number of carbonyl (C=O) groups is 1. The highest BCUT2D eigenvalue weighted by Gasteiger charge is 2.30. The summed E-state index contributed by atoms with van der Waals surface area (Å²) in [5.74, 6) is -2.67. The number of carboxylic acids is 1. The summed E-state index contributed by atoms with van der Waals surface area (Å²) in [5, 5.41) is 9.10. The van der Waals surface area contributed by atoms with E-state index in [9.17, 15) is 17.6 Å². The normalized spacial score (nSPS) is 13.1. The molecular formula is C14H20FNO6S. The summed E-state index contributed by atoms with van der Waals surface area (Å²) in [4.78, 5) is 10.7. The number of sulfonamides is 1. The minimum absolute atomic E-state index is 0.0667. The molecule has 23 heavy (non-hydrogen) atoms. The third kappa shape index (κ3) is 5.45. The molecule has 0 amide bonds. The van der Waals surface area contributed by atoms with Gasteiger partial charge in [0.05, 0.1) is 6.61 Å². The smallest absolute Gasteiger partial charge is 0.322 e. The van der Waals surface area contributed by atoms with Crippen LogP contribution in [-0.2, 0) is 19.6 Å². The largest absolute Gasteiger partial charge is 0.490 e. The molecule has 0 spiro atoms. The molecule has 2 N–H and O–H groups in total. The lowest BCUT2D eigenvalue weighted by Gasteiger charge is -2.19. The molecule has 0 aliphatic heterocycles.